The van der Waals surface area contributed by atoms with Crippen LogP contribution in [0, 0.1) is 0 Å². The van der Waals surface area contributed by atoms with Crippen LogP contribution in [0.15, 0.2) is 0 Å². The van der Waals surface area contributed by atoms with Crippen LogP contribution in [0.3, 0.4) is 0 Å². The number of hydrogen-bond acceptors (Lipinski definition) is 15. The van der Waals surface area contributed by atoms with E-state index >= 15 is 0 Å². The number of cyclic esters (lactones) is 5. The summed E-state index contributed by atoms with van der Waals surface area (Å²) in [5.74, 6) is -8.28. The van der Waals surface area contributed by atoms with Gasteiger partial charge in [0.05, 0.1) is 0 Å². The maximum atomic E-state index is 14.2. The third-order valence-corrected chi connectivity index (χ3v) is 14.4. The van der Waals surface area contributed by atoms with Gasteiger partial charge in [-0.15, -0.1) is 0 Å². The van der Waals surface area contributed by atoms with Gasteiger partial charge in [0.1, 0.15) is 30.2 Å². The van der Waals surface area contributed by atoms with Crippen molar-refractivity contribution < 1.29 is 71.6 Å². The fraction of sp³-hybridized carbons (Fsp3) is 0.818. The number of carbonyl (C=O) groups is 10. The Kier molecular flexibility index (Phi) is 31.7. The number of hydrogen-bond donors (Lipinski definition) is 0. The molecular formula is C55H95N5O15. The average Bonchev–Trinajstić information content (AvgIpc) is 3.40. The molecule has 1 rings (SSSR count). The first-order valence-electron chi connectivity index (χ1n) is 27.7. The van der Waals surface area contributed by atoms with Crippen LogP contribution < -0.4 is 0 Å². The van der Waals surface area contributed by atoms with E-state index in [9.17, 15) is 47.9 Å². The number of likely N-dealkylation sites (N-methyl/N-ethyl adjacent to an activating group) is 5. The summed E-state index contributed by atoms with van der Waals surface area (Å²) in [6.07, 6.45) is 3.30. The van der Waals surface area contributed by atoms with Gasteiger partial charge in [-0.2, -0.15) is 0 Å². The van der Waals surface area contributed by atoms with Crippen molar-refractivity contribution in [2.45, 2.75) is 258 Å². The van der Waals surface area contributed by atoms with Crippen LogP contribution in [-0.2, 0) is 71.6 Å². The first-order chi connectivity index (χ1) is 35.4. The number of nitrogens with zero attached hydrogens (tertiary/aromatic N) is 5. The SMILES string of the molecule is CCCCC[C@@H]1OC(=O)[C@@H](C)N(C)C(=O)[C@H](CCCCC)OC(=O)[C@@H](C)N(C)C(=O)[C@H](CCCCC)OC(=O)[C@@H](C)N(C)C(=O)[C@H](CCCCC)OC(=O)[C@@H](C)N(C)C(=O)[C@H](CCCCC)OC(=O)[C@@H](C)N(C)C1=O. The molecule has 0 aromatic carbocycles. The second-order valence-electron chi connectivity index (χ2n) is 20.2. The Morgan fingerprint density at radius 1 is 0.267 bits per heavy atom. The van der Waals surface area contributed by atoms with E-state index in [0.29, 0.717) is 64.2 Å². The van der Waals surface area contributed by atoms with E-state index in [1.807, 2.05) is 34.6 Å². The summed E-state index contributed by atoms with van der Waals surface area (Å²) in [6, 6.07) is -6.41. The molecule has 75 heavy (non-hydrogen) atoms. The number of carbonyl (C=O) groups excluding carboxylic acids is 10. The molecule has 0 bridgehead atoms. The van der Waals surface area contributed by atoms with Crippen LogP contribution in [0.1, 0.15) is 198 Å². The first kappa shape index (κ1) is 67.7. The molecule has 1 aliphatic heterocycles. The summed E-state index contributed by atoms with van der Waals surface area (Å²) in [7, 11) is 6.75. The Hall–Kier alpha value is -5.30. The predicted molar refractivity (Wildman–Crippen MR) is 281 cm³/mol. The molecule has 1 aliphatic rings. The third-order valence-electron chi connectivity index (χ3n) is 14.4. The van der Waals surface area contributed by atoms with E-state index in [-0.39, 0.29) is 32.1 Å². The predicted octanol–water partition coefficient (Wildman–Crippen LogP) is 6.70. The summed E-state index contributed by atoms with van der Waals surface area (Å²) in [5, 5.41) is 0. The largest absolute Gasteiger partial charge is 0.451 e. The molecule has 0 aliphatic carbocycles. The zero-order valence-corrected chi connectivity index (χ0v) is 48.3. The van der Waals surface area contributed by atoms with Gasteiger partial charge in [-0.3, -0.25) is 24.0 Å². The molecule has 1 saturated heterocycles. The van der Waals surface area contributed by atoms with Gasteiger partial charge in [0.2, 0.25) is 0 Å². The lowest BCUT2D eigenvalue weighted by molar-refractivity contribution is -0.176. The summed E-state index contributed by atoms with van der Waals surface area (Å²) in [6.45, 7) is 16.9. The van der Waals surface area contributed by atoms with Gasteiger partial charge >= 0.3 is 29.8 Å². The van der Waals surface area contributed by atoms with Gasteiger partial charge < -0.3 is 48.2 Å². The van der Waals surface area contributed by atoms with E-state index < -0.39 is 120 Å². The van der Waals surface area contributed by atoms with Gasteiger partial charge in [0.25, 0.3) is 29.5 Å². The zero-order chi connectivity index (χ0) is 57.1. The summed E-state index contributed by atoms with van der Waals surface area (Å²) >= 11 is 0. The molecule has 0 radical (unpaired) electrons. The Morgan fingerprint density at radius 3 is 0.520 bits per heavy atom. The number of unbranched alkanes of at least 4 members (excludes halogenated alkanes) is 10. The van der Waals surface area contributed by atoms with Gasteiger partial charge in [-0.1, -0.05) is 98.8 Å². The Morgan fingerprint density at radius 2 is 0.400 bits per heavy atom. The van der Waals surface area contributed by atoms with E-state index in [0.717, 1.165) is 56.6 Å². The Bertz CT molecular complexity index is 1560. The maximum Gasteiger partial charge on any atom is 0.329 e. The van der Waals surface area contributed by atoms with Crippen molar-refractivity contribution in [1.29, 1.82) is 0 Å². The van der Waals surface area contributed by atoms with Crippen LogP contribution in [0.4, 0.5) is 0 Å². The smallest absolute Gasteiger partial charge is 0.329 e. The van der Waals surface area contributed by atoms with Crippen molar-refractivity contribution in [2.75, 3.05) is 35.2 Å². The molecule has 0 unspecified atom stereocenters. The van der Waals surface area contributed by atoms with Crippen molar-refractivity contribution in [3.63, 3.8) is 0 Å². The van der Waals surface area contributed by atoms with Crippen molar-refractivity contribution >= 4 is 59.4 Å². The molecule has 0 N–H and O–H groups in total. The summed E-state index contributed by atoms with van der Waals surface area (Å²) < 4.78 is 29.2. The van der Waals surface area contributed by atoms with Crippen molar-refractivity contribution in [2.24, 2.45) is 0 Å². The molecule has 5 amide bonds. The molecule has 430 valence electrons. The van der Waals surface area contributed by atoms with E-state index in [4.69, 9.17) is 23.7 Å². The normalized spacial score (nSPS) is 26.7. The van der Waals surface area contributed by atoms with Gasteiger partial charge in [0, 0.05) is 35.2 Å². The second kappa shape index (κ2) is 35.1. The lowest BCUT2D eigenvalue weighted by Crippen LogP contribution is -2.53. The topological polar surface area (TPSA) is 233 Å². The number of amides is 5. The number of ether oxygens (including phenoxy) is 5. The summed E-state index contributed by atoms with van der Waals surface area (Å²) in [5.41, 5.74) is 0. The van der Waals surface area contributed by atoms with Crippen LogP contribution in [0.25, 0.3) is 0 Å². The summed E-state index contributed by atoms with van der Waals surface area (Å²) in [4.78, 5) is 146. The molecule has 0 saturated carbocycles. The fourth-order valence-electron chi connectivity index (χ4n) is 8.14. The highest BCUT2D eigenvalue weighted by Gasteiger charge is 2.41. The number of esters is 5. The van der Waals surface area contributed by atoms with Gasteiger partial charge in [0.15, 0.2) is 30.5 Å². The minimum atomic E-state index is -1.38. The van der Waals surface area contributed by atoms with Crippen LogP contribution in [-0.4, -0.2) is 180 Å². The van der Waals surface area contributed by atoms with E-state index in [1.54, 1.807) is 0 Å². The van der Waals surface area contributed by atoms with E-state index in [1.165, 1.54) is 69.9 Å². The van der Waals surface area contributed by atoms with Crippen molar-refractivity contribution in [1.82, 2.24) is 24.5 Å². The molecular weight excluding hydrogens is 971 g/mol. The molecule has 20 nitrogen and oxygen atoms in total. The highest BCUT2D eigenvalue weighted by Crippen LogP contribution is 2.22. The lowest BCUT2D eigenvalue weighted by Gasteiger charge is -2.33. The van der Waals surface area contributed by atoms with Crippen LogP contribution >= 0.6 is 0 Å². The molecule has 1 fully saturated rings. The quantitative estimate of drug-likeness (QED) is 0.0702. The maximum absolute atomic E-state index is 14.2. The third kappa shape index (κ3) is 21.3. The van der Waals surface area contributed by atoms with Crippen molar-refractivity contribution in [3.05, 3.63) is 0 Å². The van der Waals surface area contributed by atoms with Crippen molar-refractivity contribution in [3.8, 4) is 0 Å². The molecule has 0 aromatic heterocycles. The average molecular weight is 1070 g/mol. The first-order valence-corrected chi connectivity index (χ1v) is 27.7. The highest BCUT2D eigenvalue weighted by atomic mass is 16.6. The van der Waals surface area contributed by atoms with Gasteiger partial charge in [-0.25, -0.2) is 24.0 Å². The molecule has 20 heteroatoms. The monoisotopic (exact) mass is 1070 g/mol. The highest BCUT2D eigenvalue weighted by molar-refractivity contribution is 5.94. The Balaban J connectivity index is 3.99. The second-order valence-corrected chi connectivity index (χ2v) is 20.2. The molecule has 10 atom stereocenters. The van der Waals surface area contributed by atoms with Crippen LogP contribution in [0.5, 0.6) is 0 Å². The molecule has 0 aromatic rings. The van der Waals surface area contributed by atoms with Gasteiger partial charge in [-0.05, 0) is 98.8 Å². The van der Waals surface area contributed by atoms with E-state index in [2.05, 4.69) is 0 Å². The fourth-order valence-corrected chi connectivity index (χ4v) is 8.14. The lowest BCUT2D eigenvalue weighted by atomic mass is 10.1. The minimum Gasteiger partial charge on any atom is -0.451 e. The standard InChI is InChI=1S/C55H95N5O15/c1-16-21-26-31-41-46(61)56(11)37(7)52(67)72-43(33-28-23-18-3)48(63)58(13)39(9)54(69)74-45(35-30-25-20-5)50(65)60(15)40(10)55(70)75-44(34-29-24-19-4)49(64)59(14)38(8)53(68)73-42(32-27-22-17-2)47(62)57(12)36(6)51(66)71-41/h36-45H,16-35H2,1-15H3/t36-,37-,38-,39-,40-,41+,42+,43+,44+,45+/m1/s1. The number of rotatable bonds is 20. The molecule has 1 heterocycles. The molecule has 0 spiro atoms. The zero-order valence-electron chi connectivity index (χ0n) is 48.3. The van der Waals surface area contributed by atoms with Crippen LogP contribution in [0.2, 0.25) is 0 Å². The minimum absolute atomic E-state index is 0.0895. The Labute approximate surface area is 447 Å².